The summed E-state index contributed by atoms with van der Waals surface area (Å²) in [6.45, 7) is 18.7. The summed E-state index contributed by atoms with van der Waals surface area (Å²) in [5, 5.41) is 0. The molecule has 0 heteroatoms. The van der Waals surface area contributed by atoms with Crippen molar-refractivity contribution < 1.29 is 0 Å². The van der Waals surface area contributed by atoms with E-state index >= 15 is 0 Å². The molecule has 0 saturated heterocycles. The molecule has 0 bridgehead atoms. The summed E-state index contributed by atoms with van der Waals surface area (Å²) in [7, 11) is 0. The van der Waals surface area contributed by atoms with Crippen molar-refractivity contribution >= 4 is 0 Å². The Morgan fingerprint density at radius 1 is 0.212 bits per heavy atom. The largest absolute Gasteiger partial charge is 0.0588 e. The van der Waals surface area contributed by atoms with Crippen LogP contribution in [0.15, 0.2) is 0 Å². The Kier molecular flexibility index (Phi) is 12.7. The van der Waals surface area contributed by atoms with E-state index in [1.165, 1.54) is 141 Å². The van der Waals surface area contributed by atoms with Gasteiger partial charge in [-0.3, -0.25) is 0 Å². The average molecular weight is 717 g/mol. The van der Waals surface area contributed by atoms with E-state index in [1.54, 1.807) is 77.0 Å². The Balaban J connectivity index is 1.55. The third-order valence-electron chi connectivity index (χ3n) is 22.0. The molecular weight excluding hydrogens is 625 g/mol. The first kappa shape index (κ1) is 40.2. The lowest BCUT2D eigenvalue weighted by molar-refractivity contribution is -0.296. The summed E-state index contributed by atoms with van der Waals surface area (Å²) in [5.74, 6) is 5.57. The highest BCUT2D eigenvalue weighted by molar-refractivity contribution is 5.24. The van der Waals surface area contributed by atoms with Gasteiger partial charge in [-0.15, -0.1) is 0 Å². The molecule has 52 heavy (non-hydrogen) atoms. The zero-order chi connectivity index (χ0) is 36.5. The van der Waals surface area contributed by atoms with Crippen LogP contribution in [0.1, 0.15) is 260 Å². The number of rotatable bonds is 6. The van der Waals surface area contributed by atoms with E-state index in [4.69, 9.17) is 0 Å². The smallest absolute Gasteiger partial charge is 0.0174 e. The zero-order valence-corrected chi connectivity index (χ0v) is 36.5. The van der Waals surface area contributed by atoms with Crippen LogP contribution >= 0.6 is 0 Å². The molecule has 7 aliphatic carbocycles. The van der Waals surface area contributed by atoms with Gasteiger partial charge >= 0.3 is 0 Å². The zero-order valence-electron chi connectivity index (χ0n) is 36.5. The predicted molar refractivity (Wildman–Crippen MR) is 227 cm³/mol. The second kappa shape index (κ2) is 16.5. The van der Waals surface area contributed by atoms with E-state index in [2.05, 4.69) is 41.5 Å². The van der Waals surface area contributed by atoms with Crippen LogP contribution in [0.5, 0.6) is 0 Å². The van der Waals surface area contributed by atoms with Gasteiger partial charge < -0.3 is 0 Å². The Hall–Kier alpha value is 0. The number of hydrogen-bond donors (Lipinski definition) is 0. The summed E-state index contributed by atoms with van der Waals surface area (Å²) in [6.07, 6.45) is 51.8. The molecule has 0 aromatic rings. The normalized spacial score (nSPS) is 44.4. The molecule has 0 heterocycles. The maximum atomic E-state index is 3.18. The van der Waals surface area contributed by atoms with Crippen molar-refractivity contribution in [2.75, 3.05) is 0 Å². The molecule has 6 unspecified atom stereocenters. The second-order valence-electron chi connectivity index (χ2n) is 22.9. The molecule has 7 fully saturated rings. The molecule has 7 aliphatic rings. The summed E-state index contributed by atoms with van der Waals surface area (Å²) in [6, 6.07) is 0. The van der Waals surface area contributed by atoms with Crippen molar-refractivity contribution in [2.45, 2.75) is 260 Å². The standard InChI is InChI=1S/C52H92/c1-47(41-27-13-14-28-41)39-25-11-9-7-8-10-12-26-40-48(2,42-29-15-16-30-42)50(4,44-33-19-20-34-44)52(6,46-37-23-24-38-46)51(5,45-35-21-22-36-45)49(47,3)43-31-17-18-32-43/h41-46H,7-40H2,1-6H3. The maximum absolute atomic E-state index is 3.18. The fourth-order valence-corrected chi connectivity index (χ4v) is 18.7. The van der Waals surface area contributed by atoms with Gasteiger partial charge in [0.25, 0.3) is 0 Å². The third kappa shape index (κ3) is 6.30. The van der Waals surface area contributed by atoms with Gasteiger partial charge in [-0.2, -0.15) is 0 Å². The lowest BCUT2D eigenvalue weighted by Crippen LogP contribution is -2.72. The molecule has 0 aromatic carbocycles. The van der Waals surface area contributed by atoms with E-state index in [-0.39, 0.29) is 0 Å². The molecule has 0 aromatic heterocycles. The Bertz CT molecular complexity index is 1010. The van der Waals surface area contributed by atoms with Crippen molar-refractivity contribution in [2.24, 2.45) is 68.0 Å². The molecule has 0 nitrogen and oxygen atoms in total. The minimum atomic E-state index is 0.367. The Morgan fingerprint density at radius 2 is 0.404 bits per heavy atom. The minimum absolute atomic E-state index is 0.367. The highest BCUT2D eigenvalue weighted by Gasteiger charge is 2.76. The average Bonchev–Trinajstić information content (AvgIpc) is 3.99. The molecule has 6 atom stereocenters. The second-order valence-corrected chi connectivity index (χ2v) is 22.9. The van der Waals surface area contributed by atoms with Crippen LogP contribution in [0.4, 0.5) is 0 Å². The molecule has 7 rings (SSSR count). The van der Waals surface area contributed by atoms with Crippen molar-refractivity contribution in [3.05, 3.63) is 0 Å². The van der Waals surface area contributed by atoms with Gasteiger partial charge in [0.05, 0.1) is 0 Å². The van der Waals surface area contributed by atoms with Gasteiger partial charge in [0, 0.05) is 0 Å². The maximum Gasteiger partial charge on any atom is -0.0174 e. The van der Waals surface area contributed by atoms with Crippen LogP contribution < -0.4 is 0 Å². The summed E-state index contributed by atoms with van der Waals surface area (Å²) in [5.41, 5.74) is 2.43. The lowest BCUT2D eigenvalue weighted by atomic mass is 9.27. The molecule has 0 N–H and O–H groups in total. The number of hydrogen-bond acceptors (Lipinski definition) is 0. The van der Waals surface area contributed by atoms with E-state index in [9.17, 15) is 0 Å². The van der Waals surface area contributed by atoms with Gasteiger partial charge in [-0.1, -0.05) is 170 Å². The quantitative estimate of drug-likeness (QED) is 0.257. The van der Waals surface area contributed by atoms with Crippen LogP contribution in [0.2, 0.25) is 0 Å². The van der Waals surface area contributed by atoms with E-state index in [1.807, 2.05) is 0 Å². The molecule has 7 saturated carbocycles. The van der Waals surface area contributed by atoms with Gasteiger partial charge in [0.15, 0.2) is 0 Å². The van der Waals surface area contributed by atoms with E-state index in [0.29, 0.717) is 32.5 Å². The Labute approximate surface area is 326 Å². The SMILES string of the molecule is CC1(C2CCCC2)CCCCCCCCCCC(C)(C2CCCC2)C(C)(C2CCCC2)C(C)(C2CCCC2)C(C)(C2CCCC2)C1(C)C1CCCC1. The van der Waals surface area contributed by atoms with E-state index in [0.717, 1.165) is 35.5 Å². The van der Waals surface area contributed by atoms with Crippen LogP contribution in [-0.4, -0.2) is 0 Å². The van der Waals surface area contributed by atoms with Crippen LogP contribution in [-0.2, 0) is 0 Å². The Morgan fingerprint density at radius 3 is 0.654 bits per heavy atom. The third-order valence-corrected chi connectivity index (χ3v) is 22.0. The monoisotopic (exact) mass is 717 g/mol. The van der Waals surface area contributed by atoms with Crippen molar-refractivity contribution in [1.82, 2.24) is 0 Å². The van der Waals surface area contributed by atoms with Gasteiger partial charge in [-0.05, 0) is 158 Å². The first-order valence-electron chi connectivity index (χ1n) is 25.1. The van der Waals surface area contributed by atoms with Crippen LogP contribution in [0, 0.1) is 68.0 Å². The minimum Gasteiger partial charge on any atom is -0.0588 e. The van der Waals surface area contributed by atoms with Crippen molar-refractivity contribution in [3.8, 4) is 0 Å². The molecule has 0 radical (unpaired) electrons. The van der Waals surface area contributed by atoms with Crippen molar-refractivity contribution in [3.63, 3.8) is 0 Å². The van der Waals surface area contributed by atoms with Gasteiger partial charge in [0.1, 0.15) is 0 Å². The molecule has 0 amide bonds. The van der Waals surface area contributed by atoms with E-state index < -0.39 is 0 Å². The fraction of sp³-hybridized carbons (Fsp3) is 1.00. The molecule has 0 aliphatic heterocycles. The molecule has 0 spiro atoms. The highest BCUT2D eigenvalue weighted by atomic mass is 14.8. The highest BCUT2D eigenvalue weighted by Crippen LogP contribution is 2.82. The van der Waals surface area contributed by atoms with Gasteiger partial charge in [-0.25, -0.2) is 0 Å². The first-order valence-corrected chi connectivity index (χ1v) is 25.1. The fourth-order valence-electron chi connectivity index (χ4n) is 18.7. The summed E-state index contributed by atoms with van der Waals surface area (Å²) >= 11 is 0. The van der Waals surface area contributed by atoms with Crippen LogP contribution in [0.3, 0.4) is 0 Å². The summed E-state index contributed by atoms with van der Waals surface area (Å²) < 4.78 is 0. The summed E-state index contributed by atoms with van der Waals surface area (Å²) in [4.78, 5) is 0. The topological polar surface area (TPSA) is 0 Å². The molecular formula is C52H92. The first-order chi connectivity index (χ1) is 25.1. The predicted octanol–water partition coefficient (Wildman–Crippen LogP) is 17.1. The van der Waals surface area contributed by atoms with Crippen molar-refractivity contribution in [1.29, 1.82) is 0 Å². The molecule has 300 valence electrons. The van der Waals surface area contributed by atoms with Crippen LogP contribution in [0.25, 0.3) is 0 Å². The lowest BCUT2D eigenvalue weighted by Gasteiger charge is -2.77. The van der Waals surface area contributed by atoms with Gasteiger partial charge in [0.2, 0.25) is 0 Å².